The molecule has 122 valence electrons. The summed E-state index contributed by atoms with van der Waals surface area (Å²) in [6.07, 6.45) is 0. The number of aryl methyl sites for hydroxylation is 1. The van der Waals surface area contributed by atoms with Crippen molar-refractivity contribution >= 4 is 46.4 Å². The first-order valence-corrected chi connectivity index (χ1v) is 8.16. The molecule has 0 saturated heterocycles. The predicted octanol–water partition coefficient (Wildman–Crippen LogP) is 5.39. The summed E-state index contributed by atoms with van der Waals surface area (Å²) in [5.41, 5.74) is 2.41. The number of rotatable bonds is 3. The van der Waals surface area contributed by atoms with Gasteiger partial charge >= 0.3 is 0 Å². The van der Waals surface area contributed by atoms with E-state index in [-0.39, 0.29) is 5.91 Å². The third-order valence-electron chi connectivity index (χ3n) is 3.31. The summed E-state index contributed by atoms with van der Waals surface area (Å²) in [6, 6.07) is 13.6. The molecular formula is C17H12Cl3N3O. The van der Waals surface area contributed by atoms with Gasteiger partial charge in [-0.2, -0.15) is 5.10 Å². The van der Waals surface area contributed by atoms with Gasteiger partial charge in [-0.05, 0) is 55.5 Å². The Morgan fingerprint density at radius 1 is 0.958 bits per heavy atom. The molecule has 7 heteroatoms. The number of benzene rings is 2. The van der Waals surface area contributed by atoms with Gasteiger partial charge < -0.3 is 5.32 Å². The number of anilines is 1. The lowest BCUT2D eigenvalue weighted by molar-refractivity contribution is 0.102. The maximum Gasteiger partial charge on any atom is 0.276 e. The molecule has 1 aromatic heterocycles. The number of halogens is 3. The third kappa shape index (κ3) is 3.73. The summed E-state index contributed by atoms with van der Waals surface area (Å²) < 4.78 is 1.62. The molecule has 0 saturated carbocycles. The van der Waals surface area contributed by atoms with Gasteiger partial charge in [-0.1, -0.05) is 34.8 Å². The van der Waals surface area contributed by atoms with Crippen LogP contribution in [-0.4, -0.2) is 15.7 Å². The van der Waals surface area contributed by atoms with E-state index in [0.717, 1.165) is 5.69 Å². The van der Waals surface area contributed by atoms with Crippen LogP contribution in [0.15, 0.2) is 48.5 Å². The monoisotopic (exact) mass is 379 g/mol. The lowest BCUT2D eigenvalue weighted by atomic mass is 10.3. The second-order valence-electron chi connectivity index (χ2n) is 5.17. The van der Waals surface area contributed by atoms with E-state index in [1.807, 2.05) is 6.92 Å². The third-order valence-corrected chi connectivity index (χ3v) is 4.00. The zero-order valence-electron chi connectivity index (χ0n) is 12.6. The van der Waals surface area contributed by atoms with Crippen LogP contribution in [0.25, 0.3) is 5.69 Å². The number of carbonyl (C=O) groups is 1. The molecule has 1 amide bonds. The quantitative estimate of drug-likeness (QED) is 0.662. The van der Waals surface area contributed by atoms with E-state index in [4.69, 9.17) is 34.8 Å². The number of carbonyl (C=O) groups excluding carboxylic acids is 1. The Hall–Kier alpha value is -2.01. The second-order valence-corrected chi connectivity index (χ2v) is 6.48. The van der Waals surface area contributed by atoms with Crippen LogP contribution in [0.3, 0.4) is 0 Å². The van der Waals surface area contributed by atoms with Crippen molar-refractivity contribution in [2.24, 2.45) is 0 Å². The fraction of sp³-hybridized carbons (Fsp3) is 0.0588. The van der Waals surface area contributed by atoms with Crippen molar-refractivity contribution in [1.82, 2.24) is 9.78 Å². The summed E-state index contributed by atoms with van der Waals surface area (Å²) in [7, 11) is 0. The Morgan fingerprint density at radius 2 is 1.58 bits per heavy atom. The number of nitrogens with one attached hydrogen (secondary N) is 1. The van der Waals surface area contributed by atoms with Gasteiger partial charge in [0, 0.05) is 26.4 Å². The Labute approximate surface area is 154 Å². The molecule has 0 aliphatic rings. The summed E-state index contributed by atoms with van der Waals surface area (Å²) >= 11 is 17.9. The Kier molecular flexibility index (Phi) is 4.81. The predicted molar refractivity (Wildman–Crippen MR) is 97.7 cm³/mol. The largest absolute Gasteiger partial charge is 0.321 e. The van der Waals surface area contributed by atoms with Crippen molar-refractivity contribution < 1.29 is 4.79 Å². The molecule has 0 unspecified atom stereocenters. The fourth-order valence-electron chi connectivity index (χ4n) is 2.24. The number of amides is 1. The van der Waals surface area contributed by atoms with Crippen LogP contribution in [0.4, 0.5) is 5.69 Å². The number of hydrogen-bond donors (Lipinski definition) is 1. The van der Waals surface area contributed by atoms with Crippen LogP contribution in [0, 0.1) is 6.92 Å². The molecule has 2 aromatic carbocycles. The van der Waals surface area contributed by atoms with E-state index < -0.39 is 0 Å². The van der Waals surface area contributed by atoms with Crippen molar-refractivity contribution in [2.45, 2.75) is 6.92 Å². The number of aromatic nitrogens is 2. The molecule has 0 atom stereocenters. The van der Waals surface area contributed by atoms with Crippen molar-refractivity contribution in [3.8, 4) is 5.69 Å². The highest BCUT2D eigenvalue weighted by Gasteiger charge is 2.14. The minimum atomic E-state index is -0.313. The molecule has 1 N–H and O–H groups in total. The van der Waals surface area contributed by atoms with E-state index >= 15 is 0 Å². The van der Waals surface area contributed by atoms with E-state index in [9.17, 15) is 4.79 Å². The van der Waals surface area contributed by atoms with Gasteiger partial charge in [-0.3, -0.25) is 4.79 Å². The van der Waals surface area contributed by atoms with Gasteiger partial charge in [0.15, 0.2) is 5.69 Å². The lowest BCUT2D eigenvalue weighted by Crippen LogP contribution is -2.13. The van der Waals surface area contributed by atoms with Crippen LogP contribution in [0.5, 0.6) is 0 Å². The van der Waals surface area contributed by atoms with Crippen LogP contribution < -0.4 is 5.32 Å². The van der Waals surface area contributed by atoms with Gasteiger partial charge in [-0.15, -0.1) is 0 Å². The highest BCUT2D eigenvalue weighted by atomic mass is 35.5. The zero-order valence-corrected chi connectivity index (χ0v) is 14.8. The van der Waals surface area contributed by atoms with E-state index in [1.54, 1.807) is 53.2 Å². The van der Waals surface area contributed by atoms with Crippen molar-refractivity contribution in [1.29, 1.82) is 0 Å². The Balaban J connectivity index is 1.87. The summed E-state index contributed by atoms with van der Waals surface area (Å²) in [4.78, 5) is 12.4. The second kappa shape index (κ2) is 6.85. The summed E-state index contributed by atoms with van der Waals surface area (Å²) in [5.74, 6) is -0.313. The smallest absolute Gasteiger partial charge is 0.276 e. The maximum absolute atomic E-state index is 12.4. The molecule has 4 nitrogen and oxygen atoms in total. The van der Waals surface area contributed by atoms with E-state index in [1.165, 1.54) is 0 Å². The SMILES string of the molecule is Cc1cc(C(=O)Nc2ccc(Cl)cc2)nn1-c1cc(Cl)cc(Cl)c1. The molecule has 0 radical (unpaired) electrons. The molecule has 0 fully saturated rings. The maximum atomic E-state index is 12.4. The van der Waals surface area contributed by atoms with Gasteiger partial charge in [0.2, 0.25) is 0 Å². The Bertz CT molecular complexity index is 884. The Morgan fingerprint density at radius 3 is 2.21 bits per heavy atom. The van der Waals surface area contributed by atoms with E-state index in [2.05, 4.69) is 10.4 Å². The first kappa shape index (κ1) is 16.8. The van der Waals surface area contributed by atoms with Crippen LogP contribution >= 0.6 is 34.8 Å². The van der Waals surface area contributed by atoms with Crippen LogP contribution in [0.2, 0.25) is 15.1 Å². The lowest BCUT2D eigenvalue weighted by Gasteiger charge is -2.06. The summed E-state index contributed by atoms with van der Waals surface area (Å²) in [5, 5.41) is 8.71. The van der Waals surface area contributed by atoms with Gasteiger partial charge in [-0.25, -0.2) is 4.68 Å². The first-order chi connectivity index (χ1) is 11.4. The topological polar surface area (TPSA) is 46.9 Å². The average molecular weight is 381 g/mol. The van der Waals surface area contributed by atoms with E-state index in [0.29, 0.717) is 32.1 Å². The molecular weight excluding hydrogens is 369 g/mol. The first-order valence-electron chi connectivity index (χ1n) is 7.02. The zero-order chi connectivity index (χ0) is 17.3. The molecule has 24 heavy (non-hydrogen) atoms. The van der Waals surface area contributed by atoms with Crippen LogP contribution in [0.1, 0.15) is 16.2 Å². The van der Waals surface area contributed by atoms with Gasteiger partial charge in [0.05, 0.1) is 5.69 Å². The average Bonchev–Trinajstić information content (AvgIpc) is 2.91. The van der Waals surface area contributed by atoms with Gasteiger partial charge in [0.1, 0.15) is 0 Å². The minimum Gasteiger partial charge on any atom is -0.321 e. The molecule has 1 heterocycles. The highest BCUT2D eigenvalue weighted by Crippen LogP contribution is 2.23. The molecule has 3 rings (SSSR count). The standard InChI is InChI=1S/C17H12Cl3N3O/c1-10-6-16(17(24)21-14-4-2-11(18)3-5-14)22-23(10)15-8-12(19)7-13(20)9-15/h2-9H,1H3,(H,21,24). The normalized spacial score (nSPS) is 10.7. The van der Waals surface area contributed by atoms with Gasteiger partial charge in [0.25, 0.3) is 5.91 Å². The number of hydrogen-bond acceptors (Lipinski definition) is 2. The minimum absolute atomic E-state index is 0.290. The summed E-state index contributed by atoms with van der Waals surface area (Å²) in [6.45, 7) is 1.85. The molecule has 3 aromatic rings. The molecule has 0 bridgehead atoms. The van der Waals surface area contributed by atoms with Crippen molar-refractivity contribution in [2.75, 3.05) is 5.32 Å². The fourth-order valence-corrected chi connectivity index (χ4v) is 2.88. The molecule has 0 aliphatic heterocycles. The number of nitrogens with zero attached hydrogens (tertiary/aromatic N) is 2. The highest BCUT2D eigenvalue weighted by molar-refractivity contribution is 6.34. The van der Waals surface area contributed by atoms with Crippen LogP contribution in [-0.2, 0) is 0 Å². The van der Waals surface area contributed by atoms with Crippen molar-refractivity contribution in [3.05, 3.63) is 75.0 Å². The molecule has 0 spiro atoms. The van der Waals surface area contributed by atoms with Crippen molar-refractivity contribution in [3.63, 3.8) is 0 Å². The molecule has 0 aliphatic carbocycles.